The van der Waals surface area contributed by atoms with E-state index in [1.54, 1.807) is 0 Å². The van der Waals surface area contributed by atoms with Crippen LogP contribution in [0.15, 0.2) is 67.1 Å². The molecular weight excluding hydrogens is 382 g/mol. The Labute approximate surface area is 180 Å². The summed E-state index contributed by atoms with van der Waals surface area (Å²) in [7, 11) is 0. The molecule has 0 aliphatic heterocycles. The van der Waals surface area contributed by atoms with Gasteiger partial charge in [-0.05, 0) is 55.7 Å². The monoisotopic (exact) mass is 403 g/mol. The van der Waals surface area contributed by atoms with Crippen LogP contribution in [0.1, 0.15) is 25.0 Å². The van der Waals surface area contributed by atoms with E-state index in [9.17, 15) is 5.26 Å². The predicted molar refractivity (Wildman–Crippen MR) is 123 cm³/mol. The molecule has 0 spiro atoms. The smallest absolute Gasteiger partial charge is 0.101 e. The number of nitriles is 1. The van der Waals surface area contributed by atoms with Crippen LogP contribution >= 0.6 is 0 Å². The second-order valence-corrected chi connectivity index (χ2v) is 8.42. The molecule has 3 aromatic heterocycles. The molecule has 0 radical (unpaired) electrons. The standard InChI is InChI=1S/C26H21N5/c1-16-10-19(13-28-12-16)18-6-9-22-21(11-18)24-23(14-29-22)30-31-25(24)17-4-7-20(8-5-17)26(2,3)15-27/h4-14H,1-3H3,(H,30,31). The first kappa shape index (κ1) is 19.0. The van der Waals surface area contributed by atoms with Crippen molar-refractivity contribution in [2.45, 2.75) is 26.2 Å². The second-order valence-electron chi connectivity index (χ2n) is 8.42. The summed E-state index contributed by atoms with van der Waals surface area (Å²) in [5.74, 6) is 0. The van der Waals surface area contributed by atoms with Crippen molar-refractivity contribution < 1.29 is 0 Å². The van der Waals surface area contributed by atoms with Gasteiger partial charge in [0.2, 0.25) is 0 Å². The van der Waals surface area contributed by atoms with Gasteiger partial charge in [-0.15, -0.1) is 0 Å². The molecule has 0 amide bonds. The van der Waals surface area contributed by atoms with E-state index in [-0.39, 0.29) is 0 Å². The summed E-state index contributed by atoms with van der Waals surface area (Å²) in [4.78, 5) is 8.94. The van der Waals surface area contributed by atoms with Gasteiger partial charge in [0.25, 0.3) is 0 Å². The van der Waals surface area contributed by atoms with Gasteiger partial charge in [-0.3, -0.25) is 15.1 Å². The SMILES string of the molecule is Cc1cncc(-c2ccc3ncc4[nH]nc(-c5ccc(C(C)(C)C#N)cc5)c4c3c2)c1. The summed E-state index contributed by atoms with van der Waals surface area (Å²) in [6, 6.07) is 18.8. The van der Waals surface area contributed by atoms with Crippen molar-refractivity contribution in [3.05, 3.63) is 78.2 Å². The largest absolute Gasteiger partial charge is 0.276 e. The molecule has 0 bridgehead atoms. The van der Waals surface area contributed by atoms with Crippen molar-refractivity contribution in [1.82, 2.24) is 20.2 Å². The van der Waals surface area contributed by atoms with Crippen molar-refractivity contribution in [2.24, 2.45) is 0 Å². The van der Waals surface area contributed by atoms with Crippen molar-refractivity contribution in [3.8, 4) is 28.5 Å². The molecule has 0 aliphatic carbocycles. The molecular formula is C26H21N5. The van der Waals surface area contributed by atoms with Crippen LogP contribution in [-0.2, 0) is 5.41 Å². The average molecular weight is 403 g/mol. The number of fused-ring (bicyclic) bond motifs is 3. The molecule has 1 N–H and O–H groups in total. The minimum Gasteiger partial charge on any atom is -0.276 e. The Morgan fingerprint density at radius 1 is 0.903 bits per heavy atom. The maximum atomic E-state index is 9.42. The highest BCUT2D eigenvalue weighted by Gasteiger charge is 2.20. The molecule has 0 aliphatic rings. The number of pyridine rings is 2. The fourth-order valence-electron chi connectivity index (χ4n) is 3.92. The zero-order chi connectivity index (χ0) is 21.6. The molecule has 5 heteroatoms. The molecule has 5 aromatic rings. The zero-order valence-corrected chi connectivity index (χ0v) is 17.6. The van der Waals surface area contributed by atoms with Gasteiger partial charge in [0.15, 0.2) is 0 Å². The highest BCUT2D eigenvalue weighted by atomic mass is 15.1. The van der Waals surface area contributed by atoms with E-state index in [4.69, 9.17) is 0 Å². The lowest BCUT2D eigenvalue weighted by Gasteiger charge is -2.15. The lowest BCUT2D eigenvalue weighted by molar-refractivity contribution is 0.687. The third-order valence-electron chi connectivity index (χ3n) is 5.76. The number of H-pyrrole nitrogens is 1. The quantitative estimate of drug-likeness (QED) is 0.404. The number of aromatic nitrogens is 4. The predicted octanol–water partition coefficient (Wildman–Crippen LogP) is 5.95. The molecule has 150 valence electrons. The van der Waals surface area contributed by atoms with Gasteiger partial charge < -0.3 is 0 Å². The zero-order valence-electron chi connectivity index (χ0n) is 17.6. The number of aromatic amines is 1. The van der Waals surface area contributed by atoms with Crippen molar-refractivity contribution in [2.75, 3.05) is 0 Å². The number of hydrogen-bond donors (Lipinski definition) is 1. The van der Waals surface area contributed by atoms with Crippen molar-refractivity contribution in [3.63, 3.8) is 0 Å². The van der Waals surface area contributed by atoms with Crippen LogP contribution in [-0.4, -0.2) is 20.2 Å². The first-order chi connectivity index (χ1) is 15.0. The summed E-state index contributed by atoms with van der Waals surface area (Å²) in [5.41, 5.74) is 7.44. The van der Waals surface area contributed by atoms with E-state index in [2.05, 4.69) is 44.4 Å². The first-order valence-electron chi connectivity index (χ1n) is 10.2. The van der Waals surface area contributed by atoms with Crippen LogP contribution < -0.4 is 0 Å². The van der Waals surface area contributed by atoms with Crippen LogP contribution in [0.4, 0.5) is 0 Å². The van der Waals surface area contributed by atoms with Gasteiger partial charge >= 0.3 is 0 Å². The summed E-state index contributed by atoms with van der Waals surface area (Å²) in [6.45, 7) is 5.89. The summed E-state index contributed by atoms with van der Waals surface area (Å²) in [5, 5.41) is 19.2. The maximum absolute atomic E-state index is 9.42. The number of rotatable bonds is 3. The average Bonchev–Trinajstić information content (AvgIpc) is 3.23. The third kappa shape index (κ3) is 3.23. The van der Waals surface area contributed by atoms with Crippen molar-refractivity contribution in [1.29, 1.82) is 5.26 Å². The Morgan fingerprint density at radius 2 is 1.68 bits per heavy atom. The van der Waals surface area contributed by atoms with E-state index in [1.165, 1.54) is 0 Å². The second kappa shape index (κ2) is 7.03. The molecule has 5 nitrogen and oxygen atoms in total. The molecule has 2 aromatic carbocycles. The lowest BCUT2D eigenvalue weighted by Crippen LogP contribution is -2.13. The fourth-order valence-corrected chi connectivity index (χ4v) is 3.92. The van der Waals surface area contributed by atoms with E-state index in [1.807, 2.05) is 69.7 Å². The molecule has 0 atom stereocenters. The number of aryl methyl sites for hydroxylation is 1. The van der Waals surface area contributed by atoms with Crippen LogP contribution in [0.5, 0.6) is 0 Å². The molecule has 31 heavy (non-hydrogen) atoms. The first-order valence-corrected chi connectivity index (χ1v) is 10.2. The minimum absolute atomic E-state index is 0.528. The van der Waals surface area contributed by atoms with Crippen LogP contribution in [0, 0.1) is 18.3 Å². The maximum Gasteiger partial charge on any atom is 0.101 e. The molecule has 3 heterocycles. The Bertz CT molecular complexity index is 1470. The summed E-state index contributed by atoms with van der Waals surface area (Å²) in [6.07, 6.45) is 5.57. The molecule has 0 fully saturated rings. The highest BCUT2D eigenvalue weighted by molar-refractivity contribution is 6.11. The molecule has 0 saturated heterocycles. The van der Waals surface area contributed by atoms with Gasteiger partial charge in [-0.25, -0.2) is 0 Å². The summed E-state index contributed by atoms with van der Waals surface area (Å²) >= 11 is 0. The minimum atomic E-state index is -0.528. The topological polar surface area (TPSA) is 78.2 Å². The molecule has 0 saturated carbocycles. The fraction of sp³-hybridized carbons (Fsp3) is 0.154. The van der Waals surface area contributed by atoms with Gasteiger partial charge in [-0.1, -0.05) is 30.3 Å². The van der Waals surface area contributed by atoms with Gasteiger partial charge in [0.05, 0.1) is 28.7 Å². The molecule has 5 rings (SSSR count). The van der Waals surface area contributed by atoms with Gasteiger partial charge in [0, 0.05) is 34.3 Å². The van der Waals surface area contributed by atoms with Crippen LogP contribution in [0.2, 0.25) is 0 Å². The van der Waals surface area contributed by atoms with E-state index in [0.29, 0.717) is 0 Å². The van der Waals surface area contributed by atoms with Crippen LogP contribution in [0.3, 0.4) is 0 Å². The van der Waals surface area contributed by atoms with Crippen molar-refractivity contribution >= 4 is 21.8 Å². The Kier molecular flexibility index (Phi) is 4.30. The van der Waals surface area contributed by atoms with E-state index >= 15 is 0 Å². The normalized spacial score (nSPS) is 11.7. The number of nitrogens with one attached hydrogen (secondary N) is 1. The lowest BCUT2D eigenvalue weighted by atomic mass is 9.86. The van der Waals surface area contributed by atoms with Gasteiger partial charge in [-0.2, -0.15) is 10.4 Å². The van der Waals surface area contributed by atoms with Gasteiger partial charge in [0.1, 0.15) is 5.69 Å². The molecule has 0 unspecified atom stereocenters. The van der Waals surface area contributed by atoms with Crippen LogP contribution in [0.25, 0.3) is 44.2 Å². The van der Waals surface area contributed by atoms with E-state index in [0.717, 1.165) is 55.3 Å². The highest BCUT2D eigenvalue weighted by Crippen LogP contribution is 2.35. The summed E-state index contributed by atoms with van der Waals surface area (Å²) < 4.78 is 0. The third-order valence-corrected chi connectivity index (χ3v) is 5.76. The number of nitrogens with zero attached hydrogens (tertiary/aromatic N) is 4. The number of hydrogen-bond acceptors (Lipinski definition) is 4. The number of benzene rings is 2. The van der Waals surface area contributed by atoms with E-state index < -0.39 is 5.41 Å². The Morgan fingerprint density at radius 3 is 2.42 bits per heavy atom. The Balaban J connectivity index is 1.70. The Hall–Kier alpha value is -4.04.